The fraction of sp³-hybridized carbons (Fsp3) is 0.833. The molecule has 0 amide bonds. The molecule has 1 aromatic rings. The molecule has 0 aliphatic heterocycles. The van der Waals surface area contributed by atoms with Crippen LogP contribution in [0, 0.1) is 0 Å². The second kappa shape index (κ2) is 7.25. The van der Waals surface area contributed by atoms with E-state index in [2.05, 4.69) is 17.0 Å². The topological polar surface area (TPSA) is 56.7 Å². The Bertz CT molecular complexity index is 274. The van der Waals surface area contributed by atoms with Gasteiger partial charge in [0.05, 0.1) is 0 Å². The van der Waals surface area contributed by atoms with Gasteiger partial charge in [-0.25, -0.2) is 4.68 Å². The summed E-state index contributed by atoms with van der Waals surface area (Å²) in [4.78, 5) is 4.19. The van der Waals surface area contributed by atoms with Crippen molar-refractivity contribution in [2.45, 2.75) is 58.3 Å². The first-order chi connectivity index (χ1) is 7.74. The summed E-state index contributed by atoms with van der Waals surface area (Å²) in [5.74, 6) is 1.39. The Kier molecular flexibility index (Phi) is 5.90. The zero-order valence-electron chi connectivity index (χ0n) is 10.6. The fourth-order valence-electron chi connectivity index (χ4n) is 1.80. The Morgan fingerprint density at radius 1 is 1.06 bits per heavy atom. The molecule has 0 saturated heterocycles. The number of unbranched alkanes of at least 4 members (excludes halogenated alkanes) is 6. The molecule has 0 atom stereocenters. The second-order valence-electron chi connectivity index (χ2n) is 4.38. The van der Waals surface area contributed by atoms with Gasteiger partial charge >= 0.3 is 0 Å². The van der Waals surface area contributed by atoms with Crippen molar-refractivity contribution in [1.82, 2.24) is 14.8 Å². The molecule has 0 bridgehead atoms. The molecule has 0 aliphatic rings. The first kappa shape index (κ1) is 13.0. The molecule has 1 heterocycles. The Labute approximate surface area is 98.2 Å². The predicted octanol–water partition coefficient (Wildman–Crippen LogP) is 2.69. The van der Waals surface area contributed by atoms with Crippen LogP contribution in [0.2, 0.25) is 0 Å². The lowest BCUT2D eigenvalue weighted by Crippen LogP contribution is -1.97. The molecule has 4 nitrogen and oxygen atoms in total. The number of aryl methyl sites for hydroxylation is 2. The Hall–Kier alpha value is -1.06. The number of anilines is 1. The number of nitrogens with zero attached hydrogens (tertiary/aromatic N) is 3. The van der Waals surface area contributed by atoms with Gasteiger partial charge in [0.25, 0.3) is 0 Å². The maximum atomic E-state index is 5.62. The summed E-state index contributed by atoms with van der Waals surface area (Å²) in [5.41, 5.74) is 5.62. The molecule has 16 heavy (non-hydrogen) atoms. The first-order valence-corrected chi connectivity index (χ1v) is 6.39. The van der Waals surface area contributed by atoms with Gasteiger partial charge in [0.2, 0.25) is 5.95 Å². The third-order valence-corrected chi connectivity index (χ3v) is 2.84. The number of hydrogen-bond donors (Lipinski definition) is 1. The fourth-order valence-corrected chi connectivity index (χ4v) is 1.80. The molecule has 0 spiro atoms. The molecule has 0 radical (unpaired) electrons. The van der Waals surface area contributed by atoms with Gasteiger partial charge in [0.1, 0.15) is 0 Å². The summed E-state index contributed by atoms with van der Waals surface area (Å²) in [6.07, 6.45) is 10.2. The van der Waals surface area contributed by atoms with Crippen LogP contribution in [0.15, 0.2) is 0 Å². The lowest BCUT2D eigenvalue weighted by atomic mass is 10.1. The summed E-state index contributed by atoms with van der Waals surface area (Å²) in [6, 6.07) is 0. The van der Waals surface area contributed by atoms with Crippen LogP contribution in [0.4, 0.5) is 5.95 Å². The van der Waals surface area contributed by atoms with Crippen molar-refractivity contribution in [2.24, 2.45) is 7.05 Å². The highest BCUT2D eigenvalue weighted by Gasteiger charge is 2.02. The summed E-state index contributed by atoms with van der Waals surface area (Å²) in [7, 11) is 1.83. The van der Waals surface area contributed by atoms with Crippen LogP contribution >= 0.6 is 0 Å². The Morgan fingerprint density at radius 3 is 2.25 bits per heavy atom. The number of nitrogens with two attached hydrogens (primary N) is 1. The number of nitrogen functional groups attached to an aromatic ring is 1. The van der Waals surface area contributed by atoms with Gasteiger partial charge in [-0.15, -0.1) is 0 Å². The average Bonchev–Trinajstić information content (AvgIpc) is 2.57. The van der Waals surface area contributed by atoms with E-state index in [-0.39, 0.29) is 0 Å². The van der Waals surface area contributed by atoms with Gasteiger partial charge in [-0.3, -0.25) is 0 Å². The van der Waals surface area contributed by atoms with Crippen LogP contribution < -0.4 is 5.73 Å². The van der Waals surface area contributed by atoms with E-state index >= 15 is 0 Å². The van der Waals surface area contributed by atoms with Gasteiger partial charge in [-0.1, -0.05) is 45.4 Å². The SMILES string of the molecule is CCCCCCCCCc1nc(N)n(C)n1. The molecular formula is C12H24N4. The number of rotatable bonds is 8. The monoisotopic (exact) mass is 224 g/mol. The lowest BCUT2D eigenvalue weighted by molar-refractivity contribution is 0.583. The van der Waals surface area contributed by atoms with Crippen molar-refractivity contribution in [3.05, 3.63) is 5.82 Å². The van der Waals surface area contributed by atoms with Crippen molar-refractivity contribution in [1.29, 1.82) is 0 Å². The highest BCUT2D eigenvalue weighted by molar-refractivity contribution is 5.15. The molecular weight excluding hydrogens is 200 g/mol. The van der Waals surface area contributed by atoms with Crippen LogP contribution in [0.1, 0.15) is 57.7 Å². The maximum absolute atomic E-state index is 5.62. The molecule has 4 heteroatoms. The van der Waals surface area contributed by atoms with Crippen molar-refractivity contribution in [2.75, 3.05) is 5.73 Å². The smallest absolute Gasteiger partial charge is 0.218 e. The van der Waals surface area contributed by atoms with E-state index in [4.69, 9.17) is 5.73 Å². The van der Waals surface area contributed by atoms with Gasteiger partial charge < -0.3 is 5.73 Å². The van der Waals surface area contributed by atoms with Crippen molar-refractivity contribution >= 4 is 5.95 Å². The predicted molar refractivity (Wildman–Crippen MR) is 67.1 cm³/mol. The van der Waals surface area contributed by atoms with E-state index in [9.17, 15) is 0 Å². The standard InChI is InChI=1S/C12H24N4/c1-3-4-5-6-7-8-9-10-11-14-12(13)16(2)15-11/h3-10H2,1-2H3,(H2,13,14,15). The third kappa shape index (κ3) is 4.64. The summed E-state index contributed by atoms with van der Waals surface area (Å²) < 4.78 is 1.64. The van der Waals surface area contributed by atoms with Crippen LogP contribution in [0.3, 0.4) is 0 Å². The quantitative estimate of drug-likeness (QED) is 0.691. The molecule has 1 aromatic heterocycles. The van der Waals surface area contributed by atoms with Crippen LogP contribution in [-0.4, -0.2) is 14.8 Å². The molecule has 0 saturated carbocycles. The van der Waals surface area contributed by atoms with E-state index in [1.807, 2.05) is 7.05 Å². The van der Waals surface area contributed by atoms with E-state index < -0.39 is 0 Å². The van der Waals surface area contributed by atoms with Crippen LogP contribution in [-0.2, 0) is 13.5 Å². The zero-order valence-corrected chi connectivity index (χ0v) is 10.6. The Morgan fingerprint density at radius 2 is 1.69 bits per heavy atom. The average molecular weight is 224 g/mol. The number of hydrogen-bond acceptors (Lipinski definition) is 3. The van der Waals surface area contributed by atoms with E-state index in [0.29, 0.717) is 5.95 Å². The molecule has 1 rings (SSSR count). The van der Waals surface area contributed by atoms with Gasteiger partial charge in [0.15, 0.2) is 5.82 Å². The van der Waals surface area contributed by atoms with Crippen molar-refractivity contribution in [3.8, 4) is 0 Å². The minimum absolute atomic E-state index is 0.512. The normalized spacial score (nSPS) is 10.9. The maximum Gasteiger partial charge on any atom is 0.218 e. The van der Waals surface area contributed by atoms with Crippen molar-refractivity contribution in [3.63, 3.8) is 0 Å². The molecule has 92 valence electrons. The summed E-state index contributed by atoms with van der Waals surface area (Å²) >= 11 is 0. The van der Waals surface area contributed by atoms with E-state index in [0.717, 1.165) is 12.2 Å². The highest BCUT2D eigenvalue weighted by Crippen LogP contribution is 2.09. The van der Waals surface area contributed by atoms with E-state index in [1.165, 1.54) is 44.9 Å². The zero-order chi connectivity index (χ0) is 11.8. The largest absolute Gasteiger partial charge is 0.368 e. The molecule has 0 fully saturated rings. The molecule has 0 unspecified atom stereocenters. The molecule has 0 aliphatic carbocycles. The Balaban J connectivity index is 2.03. The highest BCUT2D eigenvalue weighted by atomic mass is 15.4. The van der Waals surface area contributed by atoms with Gasteiger partial charge in [-0.05, 0) is 6.42 Å². The van der Waals surface area contributed by atoms with Gasteiger partial charge in [0, 0.05) is 13.5 Å². The third-order valence-electron chi connectivity index (χ3n) is 2.84. The van der Waals surface area contributed by atoms with E-state index in [1.54, 1.807) is 4.68 Å². The summed E-state index contributed by atoms with van der Waals surface area (Å²) in [6.45, 7) is 2.25. The summed E-state index contributed by atoms with van der Waals surface area (Å²) in [5, 5.41) is 4.24. The second-order valence-corrected chi connectivity index (χ2v) is 4.38. The minimum atomic E-state index is 0.512. The van der Waals surface area contributed by atoms with Crippen molar-refractivity contribution < 1.29 is 0 Å². The van der Waals surface area contributed by atoms with Crippen LogP contribution in [0.25, 0.3) is 0 Å². The minimum Gasteiger partial charge on any atom is -0.368 e. The number of aromatic nitrogens is 3. The molecule has 0 aromatic carbocycles. The molecule has 2 N–H and O–H groups in total. The lowest BCUT2D eigenvalue weighted by Gasteiger charge is -1.99. The van der Waals surface area contributed by atoms with Crippen LogP contribution in [0.5, 0.6) is 0 Å². The van der Waals surface area contributed by atoms with Gasteiger partial charge in [-0.2, -0.15) is 10.1 Å². The first-order valence-electron chi connectivity index (χ1n) is 6.39.